The van der Waals surface area contributed by atoms with Crippen molar-refractivity contribution >= 4 is 21.8 Å². The highest BCUT2D eigenvalue weighted by Gasteiger charge is 2.33. The molecule has 0 radical (unpaired) electrons. The molecule has 0 bridgehead atoms. The predicted molar refractivity (Wildman–Crippen MR) is 121 cm³/mol. The van der Waals surface area contributed by atoms with Gasteiger partial charge in [0.25, 0.3) is 0 Å². The summed E-state index contributed by atoms with van der Waals surface area (Å²) >= 11 is 1.63. The third-order valence-corrected chi connectivity index (χ3v) is 9.75. The van der Waals surface area contributed by atoms with E-state index in [9.17, 15) is 8.42 Å². The van der Waals surface area contributed by atoms with Crippen LogP contribution in [0.1, 0.15) is 44.1 Å². The molecule has 0 saturated carbocycles. The average molecular weight is 449 g/mol. The first kappa shape index (κ1) is 21.9. The van der Waals surface area contributed by atoms with Gasteiger partial charge in [0.05, 0.1) is 18.1 Å². The third-order valence-electron chi connectivity index (χ3n) is 6.34. The van der Waals surface area contributed by atoms with Crippen molar-refractivity contribution in [1.29, 1.82) is 0 Å². The number of benzene rings is 1. The van der Waals surface area contributed by atoms with Gasteiger partial charge in [-0.25, -0.2) is 8.42 Å². The van der Waals surface area contributed by atoms with Crippen LogP contribution >= 0.6 is 11.8 Å². The summed E-state index contributed by atoms with van der Waals surface area (Å²) in [4.78, 5) is 2.46. The number of sulfonamides is 1. The van der Waals surface area contributed by atoms with Gasteiger partial charge in [-0.1, -0.05) is 37.7 Å². The number of nitrogens with zero attached hydrogens (tertiary/aromatic N) is 2. The monoisotopic (exact) mass is 448 g/mol. The lowest BCUT2D eigenvalue weighted by atomic mass is 9.76. The van der Waals surface area contributed by atoms with E-state index in [0.29, 0.717) is 31.2 Å². The van der Waals surface area contributed by atoms with Crippen LogP contribution in [0.5, 0.6) is 0 Å². The van der Waals surface area contributed by atoms with Crippen molar-refractivity contribution in [2.45, 2.75) is 68.2 Å². The molecule has 2 aromatic rings. The smallest absolute Gasteiger partial charge is 0.244 e. The van der Waals surface area contributed by atoms with E-state index in [0.717, 1.165) is 24.3 Å². The Morgan fingerprint density at radius 1 is 1.17 bits per heavy atom. The molecule has 1 aliphatic carbocycles. The molecule has 0 N–H and O–H groups in total. The summed E-state index contributed by atoms with van der Waals surface area (Å²) in [6.45, 7) is 11.7. The zero-order valence-corrected chi connectivity index (χ0v) is 20.0. The second-order valence-corrected chi connectivity index (χ2v) is 11.9. The second-order valence-electron chi connectivity index (χ2n) is 8.99. The van der Waals surface area contributed by atoms with Gasteiger partial charge in [0.15, 0.2) is 0 Å². The fourth-order valence-corrected chi connectivity index (χ4v) is 7.70. The van der Waals surface area contributed by atoms with Gasteiger partial charge < -0.3 is 9.30 Å². The quantitative estimate of drug-likeness (QED) is 0.676. The fraction of sp³-hybridized carbons (Fsp3) is 0.565. The van der Waals surface area contributed by atoms with E-state index in [2.05, 4.69) is 32.3 Å². The Balaban J connectivity index is 1.76. The summed E-state index contributed by atoms with van der Waals surface area (Å²) in [5, 5.41) is 0. The molecule has 1 aliphatic heterocycles. The Labute approximate surface area is 184 Å². The molecule has 0 spiro atoms. The summed E-state index contributed by atoms with van der Waals surface area (Å²) in [6.07, 6.45) is 3.32. The summed E-state index contributed by atoms with van der Waals surface area (Å²) in [5.41, 5.74) is 4.37. The number of hydrogen-bond donors (Lipinski definition) is 0. The van der Waals surface area contributed by atoms with Crippen LogP contribution in [-0.2, 0) is 34.1 Å². The zero-order valence-electron chi connectivity index (χ0n) is 18.4. The van der Waals surface area contributed by atoms with E-state index in [-0.39, 0.29) is 5.41 Å². The zero-order chi connectivity index (χ0) is 21.5. The summed E-state index contributed by atoms with van der Waals surface area (Å²) in [7, 11) is -3.54. The number of rotatable bonds is 5. The Hall–Kier alpha value is -1.28. The molecular formula is C23H32N2O3S2. The van der Waals surface area contributed by atoms with Gasteiger partial charge in [-0.05, 0) is 56.2 Å². The van der Waals surface area contributed by atoms with Crippen molar-refractivity contribution in [2.75, 3.05) is 26.3 Å². The molecule has 2 heterocycles. The Bertz CT molecular complexity index is 1030. The third kappa shape index (κ3) is 3.97. The Kier molecular flexibility index (Phi) is 6.10. The lowest BCUT2D eigenvalue weighted by Gasteiger charge is -2.31. The largest absolute Gasteiger partial charge is 0.379 e. The molecule has 0 atom stereocenters. The van der Waals surface area contributed by atoms with Gasteiger partial charge in [0.2, 0.25) is 10.0 Å². The van der Waals surface area contributed by atoms with Crippen LogP contribution < -0.4 is 0 Å². The predicted octanol–water partition coefficient (Wildman–Crippen LogP) is 4.50. The van der Waals surface area contributed by atoms with Crippen LogP contribution in [0.2, 0.25) is 0 Å². The number of morpholine rings is 1. The Morgan fingerprint density at radius 2 is 1.87 bits per heavy atom. The van der Waals surface area contributed by atoms with Crippen LogP contribution in [0.4, 0.5) is 0 Å². The van der Waals surface area contributed by atoms with Crippen LogP contribution in [0.15, 0.2) is 39.0 Å². The summed E-state index contributed by atoms with van der Waals surface area (Å²) in [6, 6.07) is 7.44. The summed E-state index contributed by atoms with van der Waals surface area (Å²) in [5.74, 6) is 0. The second kappa shape index (κ2) is 8.34. The molecule has 0 unspecified atom stereocenters. The van der Waals surface area contributed by atoms with E-state index in [1.165, 1.54) is 28.3 Å². The van der Waals surface area contributed by atoms with Crippen molar-refractivity contribution in [3.05, 3.63) is 41.2 Å². The fourth-order valence-electron chi connectivity index (χ4n) is 4.68. The van der Waals surface area contributed by atoms with Gasteiger partial charge in [-0.3, -0.25) is 0 Å². The molecule has 0 amide bonds. The minimum atomic E-state index is -3.54. The Morgan fingerprint density at radius 3 is 2.57 bits per heavy atom. The molecule has 4 rings (SSSR count). The van der Waals surface area contributed by atoms with Gasteiger partial charge in [-0.2, -0.15) is 4.31 Å². The first-order valence-corrected chi connectivity index (χ1v) is 13.1. The van der Waals surface area contributed by atoms with E-state index in [1.807, 2.05) is 18.2 Å². The molecule has 1 aromatic heterocycles. The lowest BCUT2D eigenvalue weighted by Crippen LogP contribution is -2.40. The topological polar surface area (TPSA) is 51.5 Å². The lowest BCUT2D eigenvalue weighted by molar-refractivity contribution is 0.0729. The number of ether oxygens (including phenoxy) is 1. The molecule has 164 valence electrons. The standard InChI is InChI=1S/C23H32N2O3S2/c1-5-25-17(2)22(18-16-23(3,4)11-10-19(18)25)29-20-8-6-7-9-21(20)30(26,27)24-12-14-28-15-13-24/h6-9H,5,10-16H2,1-4H3. The molecule has 30 heavy (non-hydrogen) atoms. The van der Waals surface area contributed by atoms with E-state index in [4.69, 9.17) is 4.74 Å². The average Bonchev–Trinajstić information content (AvgIpc) is 2.98. The molecule has 1 saturated heterocycles. The number of aromatic nitrogens is 1. The van der Waals surface area contributed by atoms with Crippen LogP contribution in [0, 0.1) is 12.3 Å². The van der Waals surface area contributed by atoms with E-state index < -0.39 is 10.0 Å². The first-order chi connectivity index (χ1) is 14.2. The highest BCUT2D eigenvalue weighted by atomic mass is 32.2. The number of fused-ring (bicyclic) bond motifs is 1. The van der Waals surface area contributed by atoms with E-state index in [1.54, 1.807) is 22.1 Å². The molecule has 1 fully saturated rings. The van der Waals surface area contributed by atoms with Crippen molar-refractivity contribution in [3.63, 3.8) is 0 Å². The number of hydrogen-bond acceptors (Lipinski definition) is 4. The normalized spacial score (nSPS) is 19.6. The van der Waals surface area contributed by atoms with Gasteiger partial charge in [-0.15, -0.1) is 0 Å². The minimum Gasteiger partial charge on any atom is -0.379 e. The van der Waals surface area contributed by atoms with Gasteiger partial charge >= 0.3 is 0 Å². The minimum absolute atomic E-state index is 0.272. The molecular weight excluding hydrogens is 416 g/mol. The van der Waals surface area contributed by atoms with Gasteiger partial charge in [0.1, 0.15) is 0 Å². The van der Waals surface area contributed by atoms with Gasteiger partial charge in [0, 0.05) is 40.8 Å². The maximum Gasteiger partial charge on any atom is 0.244 e. The van der Waals surface area contributed by atoms with Crippen LogP contribution in [0.3, 0.4) is 0 Å². The highest BCUT2D eigenvalue weighted by molar-refractivity contribution is 8.00. The first-order valence-electron chi connectivity index (χ1n) is 10.8. The maximum atomic E-state index is 13.4. The molecule has 7 heteroatoms. The summed E-state index contributed by atoms with van der Waals surface area (Å²) < 4.78 is 36.1. The highest BCUT2D eigenvalue weighted by Crippen LogP contribution is 2.45. The SMILES string of the molecule is CCn1c(C)c(Sc2ccccc2S(=O)(=O)N2CCOCC2)c2c1CCC(C)(C)C2. The molecule has 1 aromatic carbocycles. The van der Waals surface area contributed by atoms with Crippen LogP contribution in [-0.4, -0.2) is 43.6 Å². The van der Waals surface area contributed by atoms with E-state index >= 15 is 0 Å². The van der Waals surface area contributed by atoms with Crippen molar-refractivity contribution in [2.24, 2.45) is 5.41 Å². The van der Waals surface area contributed by atoms with Crippen molar-refractivity contribution in [3.8, 4) is 0 Å². The maximum absolute atomic E-state index is 13.4. The molecule has 5 nitrogen and oxygen atoms in total. The van der Waals surface area contributed by atoms with Crippen molar-refractivity contribution < 1.29 is 13.2 Å². The molecule has 2 aliphatic rings. The van der Waals surface area contributed by atoms with Crippen LogP contribution in [0.25, 0.3) is 0 Å². The van der Waals surface area contributed by atoms with Crippen molar-refractivity contribution in [1.82, 2.24) is 8.87 Å².